The second-order valence-electron chi connectivity index (χ2n) is 7.26. The van der Waals surface area contributed by atoms with E-state index in [1.54, 1.807) is 42.5 Å². The van der Waals surface area contributed by atoms with E-state index in [2.05, 4.69) is 20.6 Å². The first-order valence-electron chi connectivity index (χ1n) is 10.1. The van der Waals surface area contributed by atoms with Gasteiger partial charge in [0.2, 0.25) is 0 Å². The molecule has 172 valence electrons. The first-order valence-corrected chi connectivity index (χ1v) is 10.1. The number of hydrogen-bond donors (Lipinski definition) is 3. The Balaban J connectivity index is 1.52. The molecule has 4 rings (SSSR count). The minimum atomic E-state index is -1.03. The predicted molar refractivity (Wildman–Crippen MR) is 123 cm³/mol. The molecule has 0 saturated heterocycles. The van der Waals surface area contributed by atoms with Gasteiger partial charge in [-0.25, -0.2) is 18.7 Å². The topological polar surface area (TPSA) is 119 Å². The summed E-state index contributed by atoms with van der Waals surface area (Å²) >= 11 is 0. The van der Waals surface area contributed by atoms with Gasteiger partial charge in [-0.15, -0.1) is 0 Å². The van der Waals surface area contributed by atoms with E-state index in [1.165, 1.54) is 13.4 Å². The third kappa shape index (κ3) is 4.60. The van der Waals surface area contributed by atoms with E-state index in [0.717, 1.165) is 17.7 Å². The Morgan fingerprint density at radius 1 is 1.03 bits per heavy atom. The maximum Gasteiger partial charge on any atom is 0.261 e. The molecular formula is C24H19F2N5O3. The van der Waals surface area contributed by atoms with Crippen LogP contribution in [0.15, 0.2) is 60.9 Å². The number of halogens is 2. The monoisotopic (exact) mass is 463 g/mol. The Kier molecular flexibility index (Phi) is 6.30. The molecule has 0 bridgehead atoms. The fourth-order valence-corrected chi connectivity index (χ4v) is 3.45. The third-order valence-electron chi connectivity index (χ3n) is 5.05. The summed E-state index contributed by atoms with van der Waals surface area (Å²) in [5.41, 5.74) is 6.53. The Labute approximate surface area is 192 Å². The van der Waals surface area contributed by atoms with Gasteiger partial charge in [0.1, 0.15) is 35.1 Å². The molecule has 0 unspecified atom stereocenters. The van der Waals surface area contributed by atoms with Gasteiger partial charge in [0, 0.05) is 29.8 Å². The van der Waals surface area contributed by atoms with E-state index in [9.17, 15) is 18.4 Å². The molecule has 2 amide bonds. The van der Waals surface area contributed by atoms with Gasteiger partial charge in [-0.05, 0) is 29.8 Å². The van der Waals surface area contributed by atoms with E-state index in [1.807, 2.05) is 0 Å². The van der Waals surface area contributed by atoms with Crippen LogP contribution in [0.5, 0.6) is 5.75 Å². The van der Waals surface area contributed by atoms with Gasteiger partial charge in [0.25, 0.3) is 11.8 Å². The van der Waals surface area contributed by atoms with Crippen LogP contribution >= 0.6 is 0 Å². The van der Waals surface area contributed by atoms with Crippen molar-refractivity contribution in [1.82, 2.24) is 9.97 Å². The van der Waals surface area contributed by atoms with Crippen molar-refractivity contribution < 1.29 is 23.1 Å². The summed E-state index contributed by atoms with van der Waals surface area (Å²) in [5, 5.41) is 6.28. The molecule has 0 aliphatic rings. The average molecular weight is 463 g/mol. The molecule has 0 radical (unpaired) electrons. The van der Waals surface area contributed by atoms with E-state index >= 15 is 0 Å². The van der Waals surface area contributed by atoms with Gasteiger partial charge in [-0.2, -0.15) is 0 Å². The van der Waals surface area contributed by atoms with Crippen molar-refractivity contribution in [2.75, 3.05) is 17.7 Å². The van der Waals surface area contributed by atoms with Gasteiger partial charge in [0.15, 0.2) is 0 Å². The van der Waals surface area contributed by atoms with Crippen LogP contribution in [0.25, 0.3) is 10.9 Å². The number of fused-ring (bicyclic) bond motifs is 1. The zero-order valence-corrected chi connectivity index (χ0v) is 17.9. The standard InChI is InChI=1S/C24H19F2N5O3/c1-34-15-9-18(25)20(19(26)10-15)24(33)31-14-5-2-4-13(8-14)11-28-23-17-7-3-6-16(22(27)32)21(17)29-12-30-23/h2-10,12H,11H2,1H3,(H2,27,32)(H,31,33)(H,28,29,30). The van der Waals surface area contributed by atoms with Gasteiger partial charge in [-0.1, -0.05) is 18.2 Å². The van der Waals surface area contributed by atoms with Crippen molar-refractivity contribution in [1.29, 1.82) is 0 Å². The van der Waals surface area contributed by atoms with Gasteiger partial charge in [-0.3, -0.25) is 9.59 Å². The molecule has 0 fully saturated rings. The van der Waals surface area contributed by atoms with Gasteiger partial charge < -0.3 is 21.1 Å². The van der Waals surface area contributed by atoms with Gasteiger partial charge in [0.05, 0.1) is 18.2 Å². The van der Waals surface area contributed by atoms with Crippen LogP contribution in [0.4, 0.5) is 20.3 Å². The molecule has 0 aliphatic carbocycles. The Hall–Kier alpha value is -4.60. The Bertz CT molecular complexity index is 1390. The smallest absolute Gasteiger partial charge is 0.261 e. The number of methoxy groups -OCH3 is 1. The van der Waals surface area contributed by atoms with E-state index < -0.39 is 29.0 Å². The van der Waals surface area contributed by atoms with Crippen LogP contribution < -0.4 is 21.1 Å². The fourth-order valence-electron chi connectivity index (χ4n) is 3.45. The fraction of sp³-hybridized carbons (Fsp3) is 0.0833. The molecule has 0 spiro atoms. The number of carbonyl (C=O) groups is 2. The Morgan fingerprint density at radius 2 is 1.76 bits per heavy atom. The second-order valence-corrected chi connectivity index (χ2v) is 7.26. The van der Waals surface area contributed by atoms with Crippen molar-refractivity contribution in [2.24, 2.45) is 5.73 Å². The highest BCUT2D eigenvalue weighted by molar-refractivity contribution is 6.07. The van der Waals surface area contributed by atoms with Crippen LogP contribution in [0.2, 0.25) is 0 Å². The minimum absolute atomic E-state index is 0.0279. The molecule has 0 saturated carbocycles. The molecule has 1 aromatic heterocycles. The summed E-state index contributed by atoms with van der Waals surface area (Å²) in [5.74, 6) is -3.12. The number of carbonyl (C=O) groups excluding carboxylic acids is 2. The molecule has 10 heteroatoms. The quantitative estimate of drug-likeness (QED) is 0.383. The normalized spacial score (nSPS) is 10.7. The van der Waals surface area contributed by atoms with Crippen molar-refractivity contribution in [3.8, 4) is 5.75 Å². The summed E-state index contributed by atoms with van der Waals surface area (Å²) < 4.78 is 33.2. The SMILES string of the molecule is COc1cc(F)c(C(=O)Nc2cccc(CNc3ncnc4c(C(N)=O)cccc34)c2)c(F)c1. The zero-order valence-electron chi connectivity index (χ0n) is 17.9. The van der Waals surface area contributed by atoms with E-state index in [4.69, 9.17) is 10.5 Å². The predicted octanol–water partition coefficient (Wildman–Crippen LogP) is 3.88. The average Bonchev–Trinajstić information content (AvgIpc) is 2.81. The van der Waals surface area contributed by atoms with Crippen LogP contribution in [0.3, 0.4) is 0 Å². The number of para-hydroxylation sites is 1. The number of anilines is 2. The van der Waals surface area contributed by atoms with Crippen LogP contribution in [0.1, 0.15) is 26.3 Å². The number of amides is 2. The number of rotatable bonds is 7. The van der Waals surface area contributed by atoms with Crippen LogP contribution in [0, 0.1) is 11.6 Å². The lowest BCUT2D eigenvalue weighted by Gasteiger charge is -2.12. The first-order chi connectivity index (χ1) is 16.4. The van der Waals surface area contributed by atoms with Crippen molar-refractivity contribution >= 4 is 34.2 Å². The molecule has 4 aromatic rings. The maximum absolute atomic E-state index is 14.2. The molecule has 3 aromatic carbocycles. The Morgan fingerprint density at radius 3 is 2.47 bits per heavy atom. The number of aromatic nitrogens is 2. The number of nitrogens with one attached hydrogen (secondary N) is 2. The number of benzene rings is 3. The summed E-state index contributed by atoms with van der Waals surface area (Å²) in [6.07, 6.45) is 1.33. The molecule has 4 N–H and O–H groups in total. The summed E-state index contributed by atoms with van der Waals surface area (Å²) in [7, 11) is 1.27. The van der Waals surface area contributed by atoms with Crippen LogP contribution in [-0.4, -0.2) is 28.9 Å². The maximum atomic E-state index is 14.2. The van der Waals surface area contributed by atoms with Crippen molar-refractivity contribution in [3.63, 3.8) is 0 Å². The molecular weight excluding hydrogens is 444 g/mol. The van der Waals surface area contributed by atoms with Crippen molar-refractivity contribution in [2.45, 2.75) is 6.54 Å². The lowest BCUT2D eigenvalue weighted by Crippen LogP contribution is -2.16. The summed E-state index contributed by atoms with van der Waals surface area (Å²) in [4.78, 5) is 32.5. The highest BCUT2D eigenvalue weighted by Gasteiger charge is 2.19. The van der Waals surface area contributed by atoms with Crippen molar-refractivity contribution in [3.05, 3.63) is 89.2 Å². The lowest BCUT2D eigenvalue weighted by atomic mass is 10.1. The lowest BCUT2D eigenvalue weighted by molar-refractivity contribution is 0.0997. The largest absolute Gasteiger partial charge is 0.497 e. The number of ether oxygens (including phenoxy) is 1. The number of primary amides is 1. The number of hydrogen-bond acceptors (Lipinski definition) is 6. The first kappa shape index (κ1) is 22.6. The van der Waals surface area contributed by atoms with Gasteiger partial charge >= 0.3 is 0 Å². The highest BCUT2D eigenvalue weighted by atomic mass is 19.1. The number of nitrogens with zero attached hydrogens (tertiary/aromatic N) is 2. The minimum Gasteiger partial charge on any atom is -0.497 e. The van der Waals surface area contributed by atoms with E-state index in [0.29, 0.717) is 29.0 Å². The molecule has 34 heavy (non-hydrogen) atoms. The summed E-state index contributed by atoms with van der Waals surface area (Å²) in [6.45, 7) is 0.307. The highest BCUT2D eigenvalue weighted by Crippen LogP contribution is 2.24. The summed E-state index contributed by atoms with van der Waals surface area (Å²) in [6, 6.07) is 13.7. The molecule has 0 aliphatic heterocycles. The molecule has 8 nitrogen and oxygen atoms in total. The zero-order chi connectivity index (χ0) is 24.2. The van der Waals surface area contributed by atoms with Crippen LogP contribution in [-0.2, 0) is 6.54 Å². The second kappa shape index (κ2) is 9.49. The third-order valence-corrected chi connectivity index (χ3v) is 5.05. The van der Waals surface area contributed by atoms with E-state index in [-0.39, 0.29) is 11.3 Å². The molecule has 0 atom stereocenters. The number of nitrogens with two attached hydrogens (primary N) is 1. The molecule has 1 heterocycles.